The largest absolute Gasteiger partial charge is 0.473 e. The Morgan fingerprint density at radius 3 is 2.75 bits per heavy atom. The summed E-state index contributed by atoms with van der Waals surface area (Å²) in [6.07, 6.45) is 1.75. The molecular formula is C8H13NO2S. The van der Waals surface area contributed by atoms with Crippen molar-refractivity contribution in [2.45, 2.75) is 19.3 Å². The van der Waals surface area contributed by atoms with Crippen LogP contribution >= 0.6 is 11.3 Å². The Balaban J connectivity index is 2.88. The summed E-state index contributed by atoms with van der Waals surface area (Å²) in [5.74, 6) is 0. The zero-order valence-electron chi connectivity index (χ0n) is 7.50. The first-order valence-corrected chi connectivity index (χ1v) is 4.53. The molecule has 0 radical (unpaired) electrons. The molecule has 12 heavy (non-hydrogen) atoms. The normalized spacial score (nSPS) is 11.7. The minimum Gasteiger partial charge on any atom is -0.473 e. The Hall–Kier alpha value is -0.610. The standard InChI is InChI=1S/C8H13NO2S/c1-8(2,5-10)6-4-9-7(11-3)12-6/h4,10H,5H2,1-3H3. The van der Waals surface area contributed by atoms with Gasteiger partial charge in [-0.3, -0.25) is 0 Å². The van der Waals surface area contributed by atoms with Gasteiger partial charge < -0.3 is 9.84 Å². The van der Waals surface area contributed by atoms with Crippen molar-refractivity contribution in [1.82, 2.24) is 4.98 Å². The van der Waals surface area contributed by atoms with Gasteiger partial charge in [0.1, 0.15) is 0 Å². The van der Waals surface area contributed by atoms with E-state index in [1.807, 2.05) is 13.8 Å². The maximum absolute atomic E-state index is 9.07. The van der Waals surface area contributed by atoms with E-state index in [4.69, 9.17) is 9.84 Å². The lowest BCUT2D eigenvalue weighted by molar-refractivity contribution is 0.221. The van der Waals surface area contributed by atoms with Gasteiger partial charge in [-0.2, -0.15) is 0 Å². The van der Waals surface area contributed by atoms with Gasteiger partial charge in [-0.15, -0.1) is 0 Å². The molecule has 1 aromatic rings. The minimum absolute atomic E-state index is 0.123. The molecule has 0 aliphatic rings. The SMILES string of the molecule is COc1ncc(C(C)(C)CO)s1. The van der Waals surface area contributed by atoms with E-state index in [9.17, 15) is 0 Å². The molecular weight excluding hydrogens is 174 g/mol. The van der Waals surface area contributed by atoms with Crippen molar-refractivity contribution in [3.8, 4) is 5.19 Å². The van der Waals surface area contributed by atoms with Crippen LogP contribution in [0.3, 0.4) is 0 Å². The Morgan fingerprint density at radius 1 is 1.67 bits per heavy atom. The van der Waals surface area contributed by atoms with Crippen LogP contribution < -0.4 is 4.74 Å². The molecule has 0 atom stereocenters. The molecule has 1 heterocycles. The van der Waals surface area contributed by atoms with E-state index in [2.05, 4.69) is 4.98 Å². The molecule has 3 nitrogen and oxygen atoms in total. The topological polar surface area (TPSA) is 42.4 Å². The van der Waals surface area contributed by atoms with Gasteiger partial charge in [0.05, 0.1) is 13.7 Å². The predicted molar refractivity (Wildman–Crippen MR) is 48.8 cm³/mol. The van der Waals surface area contributed by atoms with Crippen LogP contribution in [0.15, 0.2) is 6.20 Å². The van der Waals surface area contributed by atoms with E-state index in [0.717, 1.165) is 4.88 Å². The van der Waals surface area contributed by atoms with Gasteiger partial charge >= 0.3 is 0 Å². The summed E-state index contributed by atoms with van der Waals surface area (Å²) in [6, 6.07) is 0. The number of thiazole rings is 1. The second-order valence-electron chi connectivity index (χ2n) is 3.24. The Kier molecular flexibility index (Phi) is 2.69. The highest BCUT2D eigenvalue weighted by atomic mass is 32.1. The van der Waals surface area contributed by atoms with Gasteiger partial charge in [0.15, 0.2) is 0 Å². The Labute approximate surface area is 76.0 Å². The Bertz CT molecular complexity index is 257. The summed E-state index contributed by atoms with van der Waals surface area (Å²) < 4.78 is 4.96. The average molecular weight is 187 g/mol. The molecule has 1 rings (SSSR count). The van der Waals surface area contributed by atoms with Crippen molar-refractivity contribution in [2.24, 2.45) is 0 Å². The lowest BCUT2D eigenvalue weighted by atomic mass is 9.94. The monoisotopic (exact) mass is 187 g/mol. The number of aliphatic hydroxyl groups is 1. The third-order valence-corrected chi connectivity index (χ3v) is 3.05. The van der Waals surface area contributed by atoms with Gasteiger partial charge in [-0.05, 0) is 0 Å². The van der Waals surface area contributed by atoms with Crippen LogP contribution in [0.25, 0.3) is 0 Å². The van der Waals surface area contributed by atoms with Crippen LogP contribution in [0.4, 0.5) is 0 Å². The van der Waals surface area contributed by atoms with Crippen molar-refractivity contribution in [3.05, 3.63) is 11.1 Å². The summed E-state index contributed by atoms with van der Waals surface area (Å²) in [5.41, 5.74) is -0.214. The molecule has 0 spiro atoms. The van der Waals surface area contributed by atoms with Crippen LogP contribution in [0.2, 0.25) is 0 Å². The molecule has 1 aromatic heterocycles. The molecule has 0 fully saturated rings. The molecule has 68 valence electrons. The van der Waals surface area contributed by atoms with Gasteiger partial charge in [0.2, 0.25) is 0 Å². The van der Waals surface area contributed by atoms with Crippen LogP contribution in [0.1, 0.15) is 18.7 Å². The van der Waals surface area contributed by atoms with E-state index < -0.39 is 0 Å². The second-order valence-corrected chi connectivity index (χ2v) is 4.23. The maximum atomic E-state index is 9.07. The molecule has 0 amide bonds. The van der Waals surface area contributed by atoms with Gasteiger partial charge in [-0.1, -0.05) is 25.2 Å². The first-order valence-electron chi connectivity index (χ1n) is 3.71. The van der Waals surface area contributed by atoms with Crippen LogP contribution in [-0.4, -0.2) is 23.8 Å². The lowest BCUT2D eigenvalue weighted by Crippen LogP contribution is -2.20. The number of hydrogen-bond acceptors (Lipinski definition) is 4. The zero-order chi connectivity index (χ0) is 9.19. The van der Waals surface area contributed by atoms with Gasteiger partial charge in [-0.25, -0.2) is 4.98 Å². The number of aliphatic hydroxyl groups excluding tert-OH is 1. The molecule has 1 N–H and O–H groups in total. The first kappa shape index (κ1) is 9.48. The van der Waals surface area contributed by atoms with Crippen LogP contribution in [0.5, 0.6) is 5.19 Å². The lowest BCUT2D eigenvalue weighted by Gasteiger charge is -2.18. The third-order valence-electron chi connectivity index (χ3n) is 1.72. The molecule has 4 heteroatoms. The number of nitrogens with zero attached hydrogens (tertiary/aromatic N) is 1. The molecule has 0 saturated heterocycles. The van der Waals surface area contributed by atoms with Crippen molar-refractivity contribution in [2.75, 3.05) is 13.7 Å². The average Bonchev–Trinajstić information content (AvgIpc) is 2.52. The summed E-state index contributed by atoms with van der Waals surface area (Å²) in [5, 5.41) is 9.71. The van der Waals surface area contributed by atoms with E-state index in [0.29, 0.717) is 5.19 Å². The predicted octanol–water partition coefficient (Wildman–Crippen LogP) is 1.42. The van der Waals surface area contributed by atoms with Crippen molar-refractivity contribution in [3.63, 3.8) is 0 Å². The number of rotatable bonds is 3. The highest BCUT2D eigenvalue weighted by Crippen LogP contribution is 2.30. The molecule has 0 aliphatic heterocycles. The maximum Gasteiger partial charge on any atom is 0.273 e. The Morgan fingerprint density at radius 2 is 2.33 bits per heavy atom. The highest BCUT2D eigenvalue weighted by molar-refractivity contribution is 7.13. The third kappa shape index (κ3) is 1.76. The fourth-order valence-electron chi connectivity index (χ4n) is 0.743. The minimum atomic E-state index is -0.214. The van der Waals surface area contributed by atoms with E-state index in [1.54, 1.807) is 13.3 Å². The first-order chi connectivity index (χ1) is 5.60. The van der Waals surface area contributed by atoms with E-state index >= 15 is 0 Å². The molecule has 0 aliphatic carbocycles. The highest BCUT2D eigenvalue weighted by Gasteiger charge is 2.22. The second kappa shape index (κ2) is 3.41. The van der Waals surface area contributed by atoms with Crippen molar-refractivity contribution >= 4 is 11.3 Å². The van der Waals surface area contributed by atoms with Crippen molar-refractivity contribution in [1.29, 1.82) is 0 Å². The summed E-state index contributed by atoms with van der Waals surface area (Å²) >= 11 is 1.47. The van der Waals surface area contributed by atoms with Gasteiger partial charge in [0, 0.05) is 16.5 Å². The summed E-state index contributed by atoms with van der Waals surface area (Å²) in [6.45, 7) is 4.07. The fraction of sp³-hybridized carbons (Fsp3) is 0.625. The number of methoxy groups -OCH3 is 1. The molecule has 0 aromatic carbocycles. The smallest absolute Gasteiger partial charge is 0.273 e. The molecule has 0 bridgehead atoms. The number of aromatic nitrogens is 1. The number of ether oxygens (including phenoxy) is 1. The van der Waals surface area contributed by atoms with E-state index in [-0.39, 0.29) is 12.0 Å². The quantitative estimate of drug-likeness (QED) is 0.778. The van der Waals surface area contributed by atoms with Gasteiger partial charge in [0.25, 0.3) is 5.19 Å². The number of hydrogen-bond donors (Lipinski definition) is 1. The van der Waals surface area contributed by atoms with Crippen LogP contribution in [-0.2, 0) is 5.41 Å². The summed E-state index contributed by atoms with van der Waals surface area (Å²) in [4.78, 5) is 5.08. The fourth-order valence-corrected chi connectivity index (χ4v) is 1.57. The molecule has 0 unspecified atom stereocenters. The van der Waals surface area contributed by atoms with E-state index in [1.165, 1.54) is 11.3 Å². The summed E-state index contributed by atoms with van der Waals surface area (Å²) in [7, 11) is 1.59. The van der Waals surface area contributed by atoms with Crippen LogP contribution in [0, 0.1) is 0 Å². The van der Waals surface area contributed by atoms with Crippen molar-refractivity contribution < 1.29 is 9.84 Å². The zero-order valence-corrected chi connectivity index (χ0v) is 8.31. The molecule has 0 saturated carbocycles.